The van der Waals surface area contributed by atoms with Gasteiger partial charge < -0.3 is 29.7 Å². The van der Waals surface area contributed by atoms with Crippen molar-refractivity contribution in [3.8, 4) is 22.4 Å². The summed E-state index contributed by atoms with van der Waals surface area (Å²) in [5.41, 5.74) is 3.13. The Labute approximate surface area is 300 Å². The minimum Gasteiger partial charge on any atom is -0.388 e. The molecule has 12 nitrogen and oxygen atoms in total. The first-order valence-electron chi connectivity index (χ1n) is 16.8. The molecule has 2 fully saturated rings. The van der Waals surface area contributed by atoms with E-state index >= 15 is 0 Å². The Bertz CT molecular complexity index is 1870. The molecule has 0 saturated carbocycles. The standard InChI is InChI=1S/C18H25ClN4O2.C18H18F2N4O2/c1-20-14-2-3-15(16(19)12-14)18(25)22-8-4-13(5-9-22)17(24)23-10-6-21-7-11-23;1-11-14(8-22-24(11)6-7-26-3)12-4-5-13(18(20)17(12)19)15-9-21-16(10-25)23(15)2/h2-3,12-13,20-21H,4-11H2,1H3;4-5,8-10H,6-7H2,1-3H3. The fourth-order valence-electron chi connectivity index (χ4n) is 6.34. The van der Waals surface area contributed by atoms with Gasteiger partial charge in [0.1, 0.15) is 0 Å². The Morgan fingerprint density at radius 1 is 1.02 bits per heavy atom. The number of likely N-dealkylation sites (tertiary alicyclic amines) is 1. The fraction of sp³-hybridized carbons (Fsp3) is 0.417. The first-order valence-corrected chi connectivity index (χ1v) is 17.2. The highest BCUT2D eigenvalue weighted by atomic mass is 35.5. The molecule has 2 aliphatic heterocycles. The van der Waals surface area contributed by atoms with E-state index in [1.165, 1.54) is 29.1 Å². The lowest BCUT2D eigenvalue weighted by Gasteiger charge is -2.35. The van der Waals surface area contributed by atoms with Gasteiger partial charge in [0.25, 0.3) is 5.91 Å². The molecule has 2 aliphatic rings. The zero-order valence-electron chi connectivity index (χ0n) is 29.2. The number of anilines is 1. The third-order valence-electron chi connectivity index (χ3n) is 9.44. The number of nitrogens with one attached hydrogen (secondary N) is 2. The number of rotatable bonds is 9. The number of imidazole rings is 1. The second-order valence-electron chi connectivity index (χ2n) is 12.4. The molecule has 2 aromatic heterocycles. The van der Waals surface area contributed by atoms with Gasteiger partial charge in [-0.3, -0.25) is 19.1 Å². The van der Waals surface area contributed by atoms with E-state index in [0.29, 0.717) is 54.4 Å². The van der Waals surface area contributed by atoms with Gasteiger partial charge in [-0.1, -0.05) is 17.7 Å². The average molecular weight is 725 g/mol. The van der Waals surface area contributed by atoms with Gasteiger partial charge in [-0.2, -0.15) is 5.10 Å². The van der Waals surface area contributed by atoms with Gasteiger partial charge in [0.05, 0.1) is 41.8 Å². The molecule has 0 bridgehead atoms. The zero-order chi connectivity index (χ0) is 36.7. The Morgan fingerprint density at radius 3 is 2.33 bits per heavy atom. The van der Waals surface area contributed by atoms with Crippen LogP contribution in [0.4, 0.5) is 14.5 Å². The summed E-state index contributed by atoms with van der Waals surface area (Å²) in [4.78, 5) is 43.9. The summed E-state index contributed by atoms with van der Waals surface area (Å²) >= 11 is 6.25. The van der Waals surface area contributed by atoms with Gasteiger partial charge in [0.2, 0.25) is 5.91 Å². The number of benzene rings is 2. The van der Waals surface area contributed by atoms with Crippen LogP contribution in [0.5, 0.6) is 0 Å². The maximum Gasteiger partial charge on any atom is 0.255 e. The molecular formula is C36H43ClF2N8O4. The van der Waals surface area contributed by atoms with Gasteiger partial charge in [0.15, 0.2) is 23.7 Å². The molecular weight excluding hydrogens is 682 g/mol. The number of halogens is 3. The lowest BCUT2D eigenvalue weighted by atomic mass is 9.94. The summed E-state index contributed by atoms with van der Waals surface area (Å²) in [6.07, 6.45) is 4.86. The quantitative estimate of drug-likeness (QED) is 0.239. The molecule has 2 amide bonds. The number of aldehydes is 1. The first kappa shape index (κ1) is 37.6. The molecule has 4 aromatic rings. The highest BCUT2D eigenvalue weighted by Crippen LogP contribution is 2.33. The largest absolute Gasteiger partial charge is 0.388 e. The molecule has 0 unspecified atom stereocenters. The van der Waals surface area contributed by atoms with Crippen molar-refractivity contribution in [3.63, 3.8) is 0 Å². The van der Waals surface area contributed by atoms with E-state index in [2.05, 4.69) is 20.7 Å². The van der Waals surface area contributed by atoms with E-state index in [-0.39, 0.29) is 34.7 Å². The van der Waals surface area contributed by atoms with Crippen molar-refractivity contribution in [1.29, 1.82) is 0 Å². The monoisotopic (exact) mass is 724 g/mol. The first-order chi connectivity index (χ1) is 24.6. The second kappa shape index (κ2) is 17.0. The van der Waals surface area contributed by atoms with Crippen LogP contribution in [-0.2, 0) is 23.1 Å². The number of piperazine rings is 1. The molecule has 2 N–H and O–H groups in total. The minimum atomic E-state index is -0.994. The number of amides is 2. The Hall–Kier alpha value is -4.66. The predicted octanol–water partition coefficient (Wildman–Crippen LogP) is 4.66. The van der Waals surface area contributed by atoms with Gasteiger partial charge in [-0.25, -0.2) is 13.8 Å². The Morgan fingerprint density at radius 2 is 1.71 bits per heavy atom. The molecule has 2 saturated heterocycles. The van der Waals surface area contributed by atoms with Crippen LogP contribution in [0, 0.1) is 24.5 Å². The third-order valence-corrected chi connectivity index (χ3v) is 9.75. The van der Waals surface area contributed by atoms with Crippen molar-refractivity contribution in [3.05, 3.63) is 76.5 Å². The minimum absolute atomic E-state index is 0.0317. The smallest absolute Gasteiger partial charge is 0.255 e. The van der Waals surface area contributed by atoms with Crippen molar-refractivity contribution in [2.24, 2.45) is 13.0 Å². The van der Waals surface area contributed by atoms with Crippen LogP contribution in [0.2, 0.25) is 5.02 Å². The van der Waals surface area contributed by atoms with Gasteiger partial charge >= 0.3 is 0 Å². The highest BCUT2D eigenvalue weighted by Gasteiger charge is 2.31. The number of methoxy groups -OCH3 is 1. The van der Waals surface area contributed by atoms with Crippen molar-refractivity contribution < 1.29 is 27.9 Å². The normalized spacial score (nSPS) is 15.0. The number of piperidine rings is 1. The average Bonchev–Trinajstić information content (AvgIpc) is 3.72. The van der Waals surface area contributed by atoms with Crippen molar-refractivity contribution in [2.45, 2.75) is 26.3 Å². The van der Waals surface area contributed by atoms with Crippen molar-refractivity contribution >= 4 is 35.4 Å². The van der Waals surface area contributed by atoms with E-state index in [1.54, 1.807) is 37.9 Å². The van der Waals surface area contributed by atoms with E-state index in [9.17, 15) is 23.2 Å². The summed E-state index contributed by atoms with van der Waals surface area (Å²) in [6.45, 7) is 7.29. The number of ether oxygens (including phenoxy) is 1. The van der Waals surface area contributed by atoms with Crippen LogP contribution in [0.15, 0.2) is 42.7 Å². The lowest BCUT2D eigenvalue weighted by Crippen LogP contribution is -2.50. The Kier molecular flexibility index (Phi) is 12.6. The number of carbonyl (C=O) groups is 3. The van der Waals surface area contributed by atoms with Crippen LogP contribution in [-0.4, -0.2) is 107 Å². The van der Waals surface area contributed by atoms with Crippen LogP contribution in [0.3, 0.4) is 0 Å². The zero-order valence-corrected chi connectivity index (χ0v) is 30.0. The molecule has 272 valence electrons. The summed E-state index contributed by atoms with van der Waals surface area (Å²) in [6, 6.07) is 8.35. The molecule has 6 rings (SSSR count). The molecule has 15 heteroatoms. The molecule has 0 aliphatic carbocycles. The summed E-state index contributed by atoms with van der Waals surface area (Å²) in [5, 5.41) is 10.9. The molecule has 2 aromatic carbocycles. The number of hydrogen-bond acceptors (Lipinski definition) is 8. The van der Waals surface area contributed by atoms with Crippen LogP contribution < -0.4 is 10.6 Å². The van der Waals surface area contributed by atoms with Gasteiger partial charge in [-0.05, 0) is 44.0 Å². The van der Waals surface area contributed by atoms with E-state index in [4.69, 9.17) is 16.3 Å². The Balaban J connectivity index is 0.000000198. The topological polar surface area (TPSA) is 127 Å². The fourth-order valence-corrected chi connectivity index (χ4v) is 6.60. The SMILES string of the molecule is CNc1ccc(C(=O)N2CCC(C(=O)N3CCNCC3)CC2)c(Cl)c1.COCCn1ncc(-c2ccc(-c3cnc(C=O)n3C)c(F)c2F)c1C. The number of carbonyl (C=O) groups excluding carboxylic acids is 3. The van der Waals surface area contributed by atoms with Crippen LogP contribution in [0.1, 0.15) is 39.5 Å². The third kappa shape index (κ3) is 8.29. The number of nitrogens with zero attached hydrogens (tertiary/aromatic N) is 6. The van der Waals surface area contributed by atoms with Crippen molar-refractivity contribution in [2.75, 3.05) is 65.3 Å². The van der Waals surface area contributed by atoms with E-state index < -0.39 is 11.6 Å². The second-order valence-corrected chi connectivity index (χ2v) is 12.8. The maximum absolute atomic E-state index is 14.8. The van der Waals surface area contributed by atoms with Gasteiger partial charge in [0, 0.05) is 94.5 Å². The van der Waals surface area contributed by atoms with Crippen LogP contribution >= 0.6 is 11.6 Å². The molecule has 0 atom stereocenters. The predicted molar refractivity (Wildman–Crippen MR) is 191 cm³/mol. The number of aromatic nitrogens is 4. The van der Waals surface area contributed by atoms with Crippen LogP contribution in [0.25, 0.3) is 22.4 Å². The molecule has 51 heavy (non-hydrogen) atoms. The summed E-state index contributed by atoms with van der Waals surface area (Å²) in [7, 11) is 4.97. The lowest BCUT2D eigenvalue weighted by molar-refractivity contribution is -0.137. The molecule has 4 heterocycles. The summed E-state index contributed by atoms with van der Waals surface area (Å²) < 4.78 is 37.6. The summed E-state index contributed by atoms with van der Waals surface area (Å²) in [5.74, 6) is -1.60. The molecule has 0 spiro atoms. The van der Waals surface area contributed by atoms with Crippen molar-refractivity contribution in [1.82, 2.24) is 34.4 Å². The highest BCUT2D eigenvalue weighted by molar-refractivity contribution is 6.34. The van der Waals surface area contributed by atoms with E-state index in [0.717, 1.165) is 50.4 Å². The van der Waals surface area contributed by atoms with E-state index in [1.807, 2.05) is 22.9 Å². The number of hydrogen-bond donors (Lipinski definition) is 2. The molecule has 0 radical (unpaired) electrons. The van der Waals surface area contributed by atoms with Gasteiger partial charge in [-0.15, -0.1) is 0 Å². The maximum atomic E-state index is 14.8.